The third kappa shape index (κ3) is 5.94. The van der Waals surface area contributed by atoms with Gasteiger partial charge in [0.05, 0.1) is 5.69 Å². The van der Waals surface area contributed by atoms with Crippen LogP contribution >= 0.6 is 0 Å². The SMILES string of the molecule is CC1(C)c2ccccc2-c2ccc(N(c3ccc(-c4c(-c5ccccc5)cccc4-c4ccccc4)cc3)c3cc(C4CCCCC4)cc4ccccc34)cc21. The van der Waals surface area contributed by atoms with Crippen molar-refractivity contribution in [2.24, 2.45) is 0 Å². The van der Waals surface area contributed by atoms with E-state index in [-0.39, 0.29) is 5.41 Å². The van der Waals surface area contributed by atoms with Gasteiger partial charge in [0.15, 0.2) is 0 Å². The van der Waals surface area contributed by atoms with Gasteiger partial charge in [0, 0.05) is 22.2 Å². The fraction of sp³-hybridized carbons (Fsp3) is 0.164. The number of hydrogen-bond acceptors (Lipinski definition) is 1. The minimum Gasteiger partial charge on any atom is -0.310 e. The molecule has 0 aliphatic heterocycles. The zero-order valence-corrected chi connectivity index (χ0v) is 32.4. The first-order valence-electron chi connectivity index (χ1n) is 20.5. The van der Waals surface area contributed by atoms with E-state index < -0.39 is 0 Å². The molecule has 0 unspecified atom stereocenters. The summed E-state index contributed by atoms with van der Waals surface area (Å²) in [7, 11) is 0. The number of rotatable bonds is 7. The Kier molecular flexibility index (Phi) is 8.67. The molecule has 0 spiro atoms. The summed E-state index contributed by atoms with van der Waals surface area (Å²) < 4.78 is 0. The first kappa shape index (κ1) is 34.3. The Hall–Kier alpha value is -6.18. The lowest BCUT2D eigenvalue weighted by molar-refractivity contribution is 0.444. The van der Waals surface area contributed by atoms with Gasteiger partial charge in [0.25, 0.3) is 0 Å². The number of anilines is 3. The summed E-state index contributed by atoms with van der Waals surface area (Å²) in [6.07, 6.45) is 6.51. The molecule has 0 bridgehead atoms. The molecule has 56 heavy (non-hydrogen) atoms. The molecule has 8 aromatic carbocycles. The highest BCUT2D eigenvalue weighted by atomic mass is 15.1. The normalized spacial score (nSPS) is 14.7. The van der Waals surface area contributed by atoms with Gasteiger partial charge in [-0.1, -0.05) is 185 Å². The predicted octanol–water partition coefficient (Wildman–Crippen LogP) is 15.7. The summed E-state index contributed by atoms with van der Waals surface area (Å²) in [5, 5.41) is 2.59. The first-order valence-corrected chi connectivity index (χ1v) is 20.5. The van der Waals surface area contributed by atoms with E-state index in [2.05, 4.69) is 201 Å². The van der Waals surface area contributed by atoms with Crippen LogP contribution < -0.4 is 4.90 Å². The molecule has 0 atom stereocenters. The minimum absolute atomic E-state index is 0.0987. The molecule has 8 aromatic rings. The second kappa shape index (κ2) is 14.2. The molecule has 10 rings (SSSR count). The van der Waals surface area contributed by atoms with Crippen molar-refractivity contribution in [2.75, 3.05) is 4.90 Å². The smallest absolute Gasteiger partial charge is 0.0542 e. The standard InChI is InChI=1S/C55H47N/c1-55(2)51-28-15-14-25-49(51)50-34-33-45(37-52(50)55)56(53-36-43(38-17-6-3-7-18-38)35-42-23-12-13-24-46(42)53)44-31-29-41(30-32-44)54-47(39-19-8-4-9-20-39)26-16-27-48(54)40-21-10-5-11-22-40/h4-5,8-16,19-38H,3,6-7,17-18H2,1-2H3. The molecule has 0 aromatic heterocycles. The largest absolute Gasteiger partial charge is 0.310 e. The monoisotopic (exact) mass is 721 g/mol. The van der Waals surface area contributed by atoms with Crippen molar-refractivity contribution in [1.29, 1.82) is 0 Å². The van der Waals surface area contributed by atoms with Crippen molar-refractivity contribution in [3.8, 4) is 44.5 Å². The molecule has 1 saturated carbocycles. The van der Waals surface area contributed by atoms with E-state index in [1.165, 1.54) is 115 Å². The van der Waals surface area contributed by atoms with Crippen molar-refractivity contribution >= 4 is 27.8 Å². The molecule has 1 nitrogen and oxygen atoms in total. The van der Waals surface area contributed by atoms with Gasteiger partial charge in [-0.25, -0.2) is 0 Å². The zero-order valence-electron chi connectivity index (χ0n) is 32.4. The number of fused-ring (bicyclic) bond motifs is 4. The van der Waals surface area contributed by atoms with Gasteiger partial charge in [0.1, 0.15) is 0 Å². The third-order valence-corrected chi connectivity index (χ3v) is 12.7. The van der Waals surface area contributed by atoms with E-state index in [9.17, 15) is 0 Å². The van der Waals surface area contributed by atoms with Crippen molar-refractivity contribution in [1.82, 2.24) is 0 Å². The van der Waals surface area contributed by atoms with Crippen molar-refractivity contribution in [3.05, 3.63) is 199 Å². The van der Waals surface area contributed by atoms with Crippen molar-refractivity contribution < 1.29 is 0 Å². The van der Waals surface area contributed by atoms with Crippen LogP contribution in [0.1, 0.15) is 68.6 Å². The number of benzene rings is 8. The van der Waals surface area contributed by atoms with Gasteiger partial charge in [-0.3, -0.25) is 0 Å². The highest BCUT2D eigenvalue weighted by Crippen LogP contribution is 2.52. The fourth-order valence-electron chi connectivity index (χ4n) is 9.79. The lowest BCUT2D eigenvalue weighted by atomic mass is 9.82. The summed E-state index contributed by atoms with van der Waals surface area (Å²) in [5.74, 6) is 0.593. The summed E-state index contributed by atoms with van der Waals surface area (Å²) in [6.45, 7) is 4.77. The molecule has 2 aliphatic rings. The Morgan fingerprint density at radius 1 is 0.446 bits per heavy atom. The average molecular weight is 722 g/mol. The summed E-state index contributed by atoms with van der Waals surface area (Å²) >= 11 is 0. The van der Waals surface area contributed by atoms with Crippen LogP contribution in [0.25, 0.3) is 55.3 Å². The third-order valence-electron chi connectivity index (χ3n) is 12.7. The Morgan fingerprint density at radius 2 is 1.04 bits per heavy atom. The van der Waals surface area contributed by atoms with E-state index >= 15 is 0 Å². The Bertz CT molecular complexity index is 2620. The minimum atomic E-state index is -0.0987. The molecule has 1 heteroatoms. The van der Waals surface area contributed by atoms with E-state index in [1.807, 2.05) is 0 Å². The Balaban J connectivity index is 1.17. The molecule has 2 aliphatic carbocycles. The molecule has 0 N–H and O–H groups in total. The van der Waals surface area contributed by atoms with Gasteiger partial charge in [0.2, 0.25) is 0 Å². The van der Waals surface area contributed by atoms with Gasteiger partial charge in [-0.15, -0.1) is 0 Å². The second-order valence-corrected chi connectivity index (χ2v) is 16.3. The number of hydrogen-bond donors (Lipinski definition) is 0. The van der Waals surface area contributed by atoms with E-state index in [1.54, 1.807) is 0 Å². The highest BCUT2D eigenvalue weighted by molar-refractivity contribution is 6.01. The molecule has 272 valence electrons. The molecule has 0 heterocycles. The van der Waals surface area contributed by atoms with E-state index in [4.69, 9.17) is 0 Å². The van der Waals surface area contributed by atoms with E-state index in [0.29, 0.717) is 5.92 Å². The number of nitrogens with zero attached hydrogens (tertiary/aromatic N) is 1. The van der Waals surface area contributed by atoms with Crippen molar-refractivity contribution in [2.45, 2.75) is 57.3 Å². The van der Waals surface area contributed by atoms with Crippen LogP contribution in [0.5, 0.6) is 0 Å². The average Bonchev–Trinajstić information content (AvgIpc) is 3.50. The van der Waals surface area contributed by atoms with Crippen LogP contribution in [0, 0.1) is 0 Å². The van der Waals surface area contributed by atoms with Crippen LogP contribution in [0.3, 0.4) is 0 Å². The molecule has 0 saturated heterocycles. The summed E-state index contributed by atoms with van der Waals surface area (Å²) in [6, 6.07) is 67.9. The van der Waals surface area contributed by atoms with Crippen LogP contribution in [-0.2, 0) is 5.41 Å². The predicted molar refractivity (Wildman–Crippen MR) is 238 cm³/mol. The second-order valence-electron chi connectivity index (χ2n) is 16.3. The van der Waals surface area contributed by atoms with E-state index in [0.717, 1.165) is 5.69 Å². The van der Waals surface area contributed by atoms with Gasteiger partial charge in [-0.2, -0.15) is 0 Å². The van der Waals surface area contributed by atoms with Crippen LogP contribution in [-0.4, -0.2) is 0 Å². The molecule has 0 amide bonds. The Labute approximate surface area is 331 Å². The zero-order chi connectivity index (χ0) is 37.6. The van der Waals surface area contributed by atoms with Gasteiger partial charge in [-0.05, 0) is 116 Å². The lowest BCUT2D eigenvalue weighted by Gasteiger charge is -2.31. The molecule has 1 fully saturated rings. The summed E-state index contributed by atoms with van der Waals surface area (Å²) in [5.41, 5.74) is 17.8. The highest BCUT2D eigenvalue weighted by Gasteiger charge is 2.36. The first-order chi connectivity index (χ1) is 27.5. The quantitative estimate of drug-likeness (QED) is 0.158. The Morgan fingerprint density at radius 3 is 1.75 bits per heavy atom. The lowest BCUT2D eigenvalue weighted by Crippen LogP contribution is -2.17. The van der Waals surface area contributed by atoms with Gasteiger partial charge < -0.3 is 4.90 Å². The van der Waals surface area contributed by atoms with Crippen LogP contribution in [0.4, 0.5) is 17.1 Å². The molecular weight excluding hydrogens is 675 g/mol. The summed E-state index contributed by atoms with van der Waals surface area (Å²) in [4.78, 5) is 2.54. The van der Waals surface area contributed by atoms with Gasteiger partial charge >= 0.3 is 0 Å². The van der Waals surface area contributed by atoms with Crippen LogP contribution in [0.2, 0.25) is 0 Å². The maximum atomic E-state index is 2.54. The van der Waals surface area contributed by atoms with Crippen LogP contribution in [0.15, 0.2) is 182 Å². The maximum absolute atomic E-state index is 2.54. The molecule has 0 radical (unpaired) electrons. The fourth-order valence-corrected chi connectivity index (χ4v) is 9.79. The topological polar surface area (TPSA) is 3.24 Å². The maximum Gasteiger partial charge on any atom is 0.0542 e. The van der Waals surface area contributed by atoms with Crippen molar-refractivity contribution in [3.63, 3.8) is 0 Å². The molecular formula is C55H47N.